The second kappa shape index (κ2) is 10.1. The fourth-order valence-electron chi connectivity index (χ4n) is 3.28. The first-order chi connectivity index (χ1) is 14.5. The number of ether oxygens (including phenoxy) is 4. The summed E-state index contributed by atoms with van der Waals surface area (Å²) in [5.74, 6) is -0.173. The van der Waals surface area contributed by atoms with Crippen molar-refractivity contribution in [1.29, 1.82) is 0 Å². The van der Waals surface area contributed by atoms with E-state index in [9.17, 15) is 9.59 Å². The predicted molar refractivity (Wildman–Crippen MR) is 111 cm³/mol. The van der Waals surface area contributed by atoms with Gasteiger partial charge in [-0.2, -0.15) is 0 Å². The van der Waals surface area contributed by atoms with Crippen LogP contribution in [0.2, 0.25) is 0 Å². The van der Waals surface area contributed by atoms with Crippen molar-refractivity contribution in [3.63, 3.8) is 0 Å². The van der Waals surface area contributed by atoms with Gasteiger partial charge in [-0.1, -0.05) is 12.1 Å². The summed E-state index contributed by atoms with van der Waals surface area (Å²) in [6.45, 7) is 3.91. The molecule has 0 aromatic heterocycles. The second-order valence-electron chi connectivity index (χ2n) is 6.79. The van der Waals surface area contributed by atoms with Crippen molar-refractivity contribution in [3.05, 3.63) is 53.1 Å². The van der Waals surface area contributed by atoms with Gasteiger partial charge in [0.2, 0.25) is 0 Å². The highest BCUT2D eigenvalue weighted by Gasteiger charge is 2.20. The van der Waals surface area contributed by atoms with Crippen LogP contribution in [0.25, 0.3) is 0 Å². The molecule has 3 rings (SSSR count). The molecule has 1 fully saturated rings. The maximum atomic E-state index is 12.9. The smallest absolute Gasteiger partial charge is 0.340 e. The highest BCUT2D eigenvalue weighted by atomic mass is 16.5. The Bertz CT molecular complexity index is 908. The lowest BCUT2D eigenvalue weighted by Crippen LogP contribution is -2.35. The molecular weight excluding hydrogens is 388 g/mol. The molecule has 0 spiro atoms. The van der Waals surface area contributed by atoms with Crippen molar-refractivity contribution in [2.45, 2.75) is 6.54 Å². The molecule has 0 aliphatic carbocycles. The molecule has 160 valence electrons. The molecule has 1 aliphatic heterocycles. The van der Waals surface area contributed by atoms with E-state index >= 15 is 0 Å². The van der Waals surface area contributed by atoms with E-state index in [0.29, 0.717) is 17.1 Å². The van der Waals surface area contributed by atoms with E-state index in [4.69, 9.17) is 18.9 Å². The lowest BCUT2D eigenvalue weighted by Gasteiger charge is -2.26. The van der Waals surface area contributed by atoms with Gasteiger partial charge in [-0.3, -0.25) is 9.69 Å². The van der Waals surface area contributed by atoms with Gasteiger partial charge in [0.1, 0.15) is 0 Å². The maximum Gasteiger partial charge on any atom is 0.340 e. The van der Waals surface area contributed by atoms with Gasteiger partial charge < -0.3 is 24.3 Å². The summed E-state index contributed by atoms with van der Waals surface area (Å²) < 4.78 is 20.8. The Morgan fingerprint density at radius 2 is 1.73 bits per heavy atom. The first-order valence-corrected chi connectivity index (χ1v) is 9.60. The molecule has 1 N–H and O–H groups in total. The molecule has 1 saturated heterocycles. The van der Waals surface area contributed by atoms with Crippen LogP contribution in [0.1, 0.15) is 26.3 Å². The van der Waals surface area contributed by atoms with Gasteiger partial charge in [-0.05, 0) is 17.7 Å². The van der Waals surface area contributed by atoms with Crippen LogP contribution in [-0.4, -0.2) is 64.4 Å². The largest absolute Gasteiger partial charge is 0.493 e. The summed E-state index contributed by atoms with van der Waals surface area (Å²) in [5, 5.41) is 2.79. The van der Waals surface area contributed by atoms with E-state index in [1.165, 1.54) is 27.4 Å². The zero-order valence-corrected chi connectivity index (χ0v) is 17.4. The molecule has 2 aromatic carbocycles. The standard InChI is InChI=1S/C22H26N2O6/c1-27-19-12-17(22(26)29-3)18(13-20(19)28-2)23-21(25)16-6-4-5-15(11-16)14-24-7-9-30-10-8-24/h4-6,11-13H,7-10,14H2,1-3H3,(H,23,25). The number of amides is 1. The summed E-state index contributed by atoms with van der Waals surface area (Å²) in [6.07, 6.45) is 0. The lowest BCUT2D eigenvalue weighted by atomic mass is 10.1. The van der Waals surface area contributed by atoms with E-state index < -0.39 is 5.97 Å². The van der Waals surface area contributed by atoms with Gasteiger partial charge in [-0.25, -0.2) is 4.79 Å². The van der Waals surface area contributed by atoms with Gasteiger partial charge in [0.05, 0.1) is 45.8 Å². The van der Waals surface area contributed by atoms with E-state index in [0.717, 1.165) is 38.4 Å². The average Bonchev–Trinajstić information content (AvgIpc) is 2.79. The molecule has 2 aromatic rings. The molecule has 0 bridgehead atoms. The Hall–Kier alpha value is -3.10. The average molecular weight is 414 g/mol. The van der Waals surface area contributed by atoms with Crippen molar-refractivity contribution in [1.82, 2.24) is 4.90 Å². The third-order valence-electron chi connectivity index (χ3n) is 4.88. The minimum Gasteiger partial charge on any atom is -0.493 e. The van der Waals surface area contributed by atoms with Crippen LogP contribution < -0.4 is 14.8 Å². The summed E-state index contributed by atoms with van der Waals surface area (Å²) in [6, 6.07) is 10.4. The number of esters is 1. The van der Waals surface area contributed by atoms with Crippen LogP contribution in [0, 0.1) is 0 Å². The number of carbonyl (C=O) groups is 2. The van der Waals surface area contributed by atoms with Gasteiger partial charge >= 0.3 is 5.97 Å². The minimum absolute atomic E-state index is 0.174. The van der Waals surface area contributed by atoms with E-state index in [2.05, 4.69) is 10.2 Å². The quantitative estimate of drug-likeness (QED) is 0.697. The van der Waals surface area contributed by atoms with Gasteiger partial charge in [0, 0.05) is 37.3 Å². The number of rotatable bonds is 7. The van der Waals surface area contributed by atoms with Crippen LogP contribution in [0.5, 0.6) is 11.5 Å². The Balaban J connectivity index is 1.82. The number of hydrogen-bond acceptors (Lipinski definition) is 7. The Morgan fingerprint density at radius 3 is 2.40 bits per heavy atom. The first kappa shape index (κ1) is 21.6. The number of benzene rings is 2. The molecular formula is C22H26N2O6. The maximum absolute atomic E-state index is 12.9. The van der Waals surface area contributed by atoms with E-state index in [1.807, 2.05) is 18.2 Å². The van der Waals surface area contributed by atoms with E-state index in [-0.39, 0.29) is 17.2 Å². The Morgan fingerprint density at radius 1 is 1.03 bits per heavy atom. The fraction of sp³-hybridized carbons (Fsp3) is 0.364. The Labute approximate surface area is 175 Å². The van der Waals surface area contributed by atoms with Gasteiger partial charge in [-0.15, -0.1) is 0 Å². The highest BCUT2D eigenvalue weighted by Crippen LogP contribution is 2.34. The van der Waals surface area contributed by atoms with Crippen molar-refractivity contribution in [3.8, 4) is 11.5 Å². The number of hydrogen-bond donors (Lipinski definition) is 1. The Kier molecular flexibility index (Phi) is 7.26. The number of nitrogens with one attached hydrogen (secondary N) is 1. The summed E-state index contributed by atoms with van der Waals surface area (Å²) in [4.78, 5) is 27.4. The number of carbonyl (C=O) groups excluding carboxylic acids is 2. The lowest BCUT2D eigenvalue weighted by molar-refractivity contribution is 0.0342. The number of nitrogens with zero attached hydrogens (tertiary/aromatic N) is 1. The molecule has 0 saturated carbocycles. The topological polar surface area (TPSA) is 86.3 Å². The van der Waals surface area contributed by atoms with Crippen LogP contribution in [-0.2, 0) is 16.0 Å². The normalized spacial score (nSPS) is 14.1. The molecule has 1 heterocycles. The third kappa shape index (κ3) is 5.08. The van der Waals surface area contributed by atoms with Gasteiger partial charge in [0.25, 0.3) is 5.91 Å². The van der Waals surface area contributed by atoms with Crippen molar-refractivity contribution in [2.75, 3.05) is 52.9 Å². The zero-order valence-electron chi connectivity index (χ0n) is 17.4. The SMILES string of the molecule is COC(=O)c1cc(OC)c(OC)cc1NC(=O)c1cccc(CN2CCOCC2)c1. The third-order valence-corrected chi connectivity index (χ3v) is 4.88. The molecule has 1 aliphatic rings. The predicted octanol–water partition coefficient (Wildman–Crippen LogP) is 2.57. The molecule has 0 unspecified atom stereocenters. The molecule has 0 radical (unpaired) electrons. The van der Waals surface area contributed by atoms with Crippen molar-refractivity contribution < 1.29 is 28.5 Å². The van der Waals surface area contributed by atoms with E-state index in [1.54, 1.807) is 12.1 Å². The van der Waals surface area contributed by atoms with Crippen molar-refractivity contribution in [2.24, 2.45) is 0 Å². The zero-order chi connectivity index (χ0) is 21.5. The number of methoxy groups -OCH3 is 3. The van der Waals surface area contributed by atoms with Crippen LogP contribution in [0.4, 0.5) is 5.69 Å². The molecule has 1 amide bonds. The molecule has 8 nitrogen and oxygen atoms in total. The number of morpholine rings is 1. The molecule has 30 heavy (non-hydrogen) atoms. The van der Waals surface area contributed by atoms with Crippen LogP contribution >= 0.6 is 0 Å². The van der Waals surface area contributed by atoms with Crippen molar-refractivity contribution >= 4 is 17.6 Å². The summed E-state index contributed by atoms with van der Waals surface area (Å²) in [7, 11) is 4.23. The second-order valence-corrected chi connectivity index (χ2v) is 6.79. The summed E-state index contributed by atoms with van der Waals surface area (Å²) in [5.41, 5.74) is 1.98. The molecule has 0 atom stereocenters. The number of anilines is 1. The summed E-state index contributed by atoms with van der Waals surface area (Å²) >= 11 is 0. The molecule has 8 heteroatoms. The highest BCUT2D eigenvalue weighted by molar-refractivity contribution is 6.08. The van der Waals surface area contributed by atoms with Crippen LogP contribution in [0.3, 0.4) is 0 Å². The van der Waals surface area contributed by atoms with Gasteiger partial charge in [0.15, 0.2) is 11.5 Å². The first-order valence-electron chi connectivity index (χ1n) is 9.60. The monoisotopic (exact) mass is 414 g/mol. The minimum atomic E-state index is -0.590. The van der Waals surface area contributed by atoms with Crippen LogP contribution in [0.15, 0.2) is 36.4 Å². The fourth-order valence-corrected chi connectivity index (χ4v) is 3.28.